The highest BCUT2D eigenvalue weighted by atomic mass is 35.5. The number of nitrogens with zero attached hydrogens (tertiary/aromatic N) is 1. The van der Waals surface area contributed by atoms with Crippen LogP contribution in [0.2, 0.25) is 0 Å². The number of likely N-dealkylation sites (tertiary alicyclic amines) is 1. The third kappa shape index (κ3) is 5.61. The third-order valence-corrected chi connectivity index (χ3v) is 6.35. The summed E-state index contributed by atoms with van der Waals surface area (Å²) in [5.74, 6) is -1.06. The number of hydrogen-bond acceptors (Lipinski definition) is 4. The van der Waals surface area contributed by atoms with E-state index in [2.05, 4.69) is 34.5 Å². The highest BCUT2D eigenvalue weighted by Gasteiger charge is 2.29. The number of benzene rings is 2. The summed E-state index contributed by atoms with van der Waals surface area (Å²) in [7, 11) is 0. The fourth-order valence-electron chi connectivity index (χ4n) is 4.74. The summed E-state index contributed by atoms with van der Waals surface area (Å²) in [4.78, 5) is 26.4. The zero-order valence-electron chi connectivity index (χ0n) is 18.2. The van der Waals surface area contributed by atoms with E-state index in [1.165, 1.54) is 19.3 Å². The number of fused-ring (bicyclic) bond motifs is 3. The lowest BCUT2D eigenvalue weighted by Crippen LogP contribution is -2.42. The number of piperidine rings is 1. The Hall–Kier alpha value is -2.57. The van der Waals surface area contributed by atoms with Crippen LogP contribution < -0.4 is 5.32 Å². The number of hydrogen-bond donors (Lipinski definition) is 2. The number of amides is 1. The van der Waals surface area contributed by atoms with Gasteiger partial charge in [0, 0.05) is 5.92 Å². The Morgan fingerprint density at radius 2 is 1.59 bits per heavy atom. The molecular weight excluding hydrogens is 428 g/mol. The first-order valence-electron chi connectivity index (χ1n) is 11.2. The minimum Gasteiger partial charge on any atom is -0.480 e. The Balaban J connectivity index is 0.00000289. The highest BCUT2D eigenvalue weighted by Crippen LogP contribution is 2.44. The Morgan fingerprint density at radius 1 is 1.00 bits per heavy atom. The van der Waals surface area contributed by atoms with Crippen molar-refractivity contribution in [2.75, 3.05) is 26.2 Å². The van der Waals surface area contributed by atoms with Crippen LogP contribution >= 0.6 is 12.4 Å². The molecule has 1 aliphatic carbocycles. The lowest BCUT2D eigenvalue weighted by Gasteiger charge is -2.26. The van der Waals surface area contributed by atoms with Gasteiger partial charge in [-0.2, -0.15) is 0 Å². The quantitative estimate of drug-likeness (QED) is 0.601. The van der Waals surface area contributed by atoms with Crippen LogP contribution in [-0.2, 0) is 9.53 Å². The molecule has 1 saturated heterocycles. The van der Waals surface area contributed by atoms with Crippen LogP contribution in [-0.4, -0.2) is 54.4 Å². The van der Waals surface area contributed by atoms with Crippen LogP contribution in [0, 0.1) is 0 Å². The molecule has 1 heterocycles. The molecule has 0 saturated carbocycles. The predicted molar refractivity (Wildman–Crippen MR) is 126 cm³/mol. The summed E-state index contributed by atoms with van der Waals surface area (Å²) < 4.78 is 5.49. The molecule has 1 aliphatic heterocycles. The van der Waals surface area contributed by atoms with E-state index < -0.39 is 18.1 Å². The predicted octanol–water partition coefficient (Wildman–Crippen LogP) is 4.67. The average Bonchev–Trinajstić information content (AvgIpc) is 3.11. The summed E-state index contributed by atoms with van der Waals surface area (Å²) in [5.41, 5.74) is 4.59. The van der Waals surface area contributed by atoms with Crippen molar-refractivity contribution < 1.29 is 19.4 Å². The number of carbonyl (C=O) groups is 2. The zero-order valence-corrected chi connectivity index (χ0v) is 19.0. The van der Waals surface area contributed by atoms with Gasteiger partial charge in [-0.1, -0.05) is 55.0 Å². The molecule has 1 atom stereocenters. The third-order valence-electron chi connectivity index (χ3n) is 6.35. The van der Waals surface area contributed by atoms with Gasteiger partial charge in [0.25, 0.3) is 0 Å². The number of alkyl carbamates (subject to hydrolysis) is 1. The van der Waals surface area contributed by atoms with Gasteiger partial charge in [-0.25, -0.2) is 9.59 Å². The van der Waals surface area contributed by atoms with Gasteiger partial charge in [0.2, 0.25) is 0 Å². The second-order valence-corrected chi connectivity index (χ2v) is 8.41. The SMILES string of the molecule is Cl.O=C(N[C@H](CCCN1CCCCC1)C(=O)O)OCC1c2ccccc2-c2ccccc21. The van der Waals surface area contributed by atoms with Crippen molar-refractivity contribution in [2.24, 2.45) is 0 Å². The number of ether oxygens (including phenoxy) is 1. The lowest BCUT2D eigenvalue weighted by atomic mass is 9.98. The number of aliphatic carboxylic acids is 1. The lowest BCUT2D eigenvalue weighted by molar-refractivity contribution is -0.139. The summed E-state index contributed by atoms with van der Waals surface area (Å²) in [6.45, 7) is 3.21. The maximum Gasteiger partial charge on any atom is 0.407 e. The van der Waals surface area contributed by atoms with Gasteiger partial charge < -0.3 is 20.1 Å². The summed E-state index contributed by atoms with van der Waals surface area (Å²) >= 11 is 0. The average molecular weight is 459 g/mol. The standard InChI is InChI=1S/C25H30N2O4.ClH/c28-24(29)23(13-8-16-27-14-6-1-7-15-27)26-25(30)31-17-22-20-11-4-2-9-18(20)19-10-3-5-12-21(19)22;/h2-5,9-12,22-23H,1,6-8,13-17H2,(H,26,30)(H,28,29);1H/t23-;/m1./s1. The first kappa shape index (κ1) is 24.1. The van der Waals surface area contributed by atoms with E-state index in [0.717, 1.165) is 48.3 Å². The Bertz CT molecular complexity index is 884. The van der Waals surface area contributed by atoms with Crippen LogP contribution in [0.4, 0.5) is 4.79 Å². The summed E-state index contributed by atoms with van der Waals surface area (Å²) in [6.07, 6.45) is 4.15. The monoisotopic (exact) mass is 458 g/mol. The number of rotatable bonds is 8. The molecule has 2 N–H and O–H groups in total. The normalized spacial score (nSPS) is 16.4. The van der Waals surface area contributed by atoms with Crippen molar-refractivity contribution in [1.82, 2.24) is 10.2 Å². The minimum atomic E-state index is -1.02. The number of carbonyl (C=O) groups excluding carboxylic acids is 1. The first-order valence-corrected chi connectivity index (χ1v) is 11.2. The van der Waals surface area contributed by atoms with Crippen molar-refractivity contribution in [2.45, 2.75) is 44.1 Å². The van der Waals surface area contributed by atoms with Gasteiger partial charge in [-0.3, -0.25) is 0 Å². The van der Waals surface area contributed by atoms with Crippen molar-refractivity contribution in [1.29, 1.82) is 0 Å². The van der Waals surface area contributed by atoms with E-state index in [1.54, 1.807) is 0 Å². The Morgan fingerprint density at radius 3 is 2.19 bits per heavy atom. The van der Waals surface area contributed by atoms with E-state index in [4.69, 9.17) is 4.74 Å². The van der Waals surface area contributed by atoms with Gasteiger partial charge >= 0.3 is 12.1 Å². The molecule has 6 nitrogen and oxygen atoms in total. The maximum atomic E-state index is 12.4. The molecule has 2 aromatic carbocycles. The first-order chi connectivity index (χ1) is 15.1. The highest BCUT2D eigenvalue weighted by molar-refractivity contribution is 5.85. The summed E-state index contributed by atoms with van der Waals surface area (Å²) in [6, 6.07) is 15.3. The van der Waals surface area contributed by atoms with Crippen LogP contribution in [0.1, 0.15) is 49.1 Å². The molecule has 0 bridgehead atoms. The van der Waals surface area contributed by atoms with Gasteiger partial charge in [-0.15, -0.1) is 12.4 Å². The molecule has 0 spiro atoms. The Labute approximate surface area is 195 Å². The molecule has 0 aromatic heterocycles. The largest absolute Gasteiger partial charge is 0.480 e. The topological polar surface area (TPSA) is 78.9 Å². The number of halogens is 1. The smallest absolute Gasteiger partial charge is 0.407 e. The van der Waals surface area contributed by atoms with E-state index in [1.807, 2.05) is 24.3 Å². The molecule has 2 aliphatic rings. The second kappa shape index (κ2) is 11.3. The van der Waals surface area contributed by atoms with E-state index >= 15 is 0 Å². The molecule has 4 rings (SSSR count). The van der Waals surface area contributed by atoms with Crippen LogP contribution in [0.3, 0.4) is 0 Å². The number of carboxylic acids is 1. The van der Waals surface area contributed by atoms with E-state index in [9.17, 15) is 14.7 Å². The second-order valence-electron chi connectivity index (χ2n) is 8.41. The number of carboxylic acid groups (broad SMARTS) is 1. The molecule has 32 heavy (non-hydrogen) atoms. The van der Waals surface area contributed by atoms with Crippen LogP contribution in [0.5, 0.6) is 0 Å². The van der Waals surface area contributed by atoms with Crippen molar-refractivity contribution >= 4 is 24.5 Å². The summed E-state index contributed by atoms with van der Waals surface area (Å²) in [5, 5.41) is 12.1. The molecule has 1 fully saturated rings. The maximum absolute atomic E-state index is 12.4. The number of nitrogens with one attached hydrogen (secondary N) is 1. The van der Waals surface area contributed by atoms with Crippen molar-refractivity contribution in [3.05, 3.63) is 59.7 Å². The van der Waals surface area contributed by atoms with E-state index in [0.29, 0.717) is 6.42 Å². The van der Waals surface area contributed by atoms with Crippen LogP contribution in [0.25, 0.3) is 11.1 Å². The zero-order chi connectivity index (χ0) is 21.6. The van der Waals surface area contributed by atoms with Gasteiger partial charge in [0.1, 0.15) is 12.6 Å². The molecule has 172 valence electrons. The molecule has 2 aromatic rings. The fourth-order valence-corrected chi connectivity index (χ4v) is 4.74. The fraction of sp³-hybridized carbons (Fsp3) is 0.440. The molecular formula is C25H31ClN2O4. The van der Waals surface area contributed by atoms with Crippen LogP contribution in [0.15, 0.2) is 48.5 Å². The Kier molecular flexibility index (Phi) is 8.53. The molecule has 7 heteroatoms. The van der Waals surface area contributed by atoms with Gasteiger partial charge in [0.05, 0.1) is 0 Å². The van der Waals surface area contributed by atoms with Crippen molar-refractivity contribution in [3.63, 3.8) is 0 Å². The van der Waals surface area contributed by atoms with Gasteiger partial charge in [-0.05, 0) is 67.6 Å². The van der Waals surface area contributed by atoms with Gasteiger partial charge in [0.15, 0.2) is 0 Å². The molecule has 0 unspecified atom stereocenters. The molecule has 0 radical (unpaired) electrons. The molecule has 1 amide bonds. The minimum absolute atomic E-state index is 0. The van der Waals surface area contributed by atoms with Crippen molar-refractivity contribution in [3.8, 4) is 11.1 Å². The van der Waals surface area contributed by atoms with E-state index in [-0.39, 0.29) is 24.9 Å².